The molecule has 2 aliphatic rings. The lowest BCUT2D eigenvalue weighted by atomic mass is 9.92. The highest BCUT2D eigenvalue weighted by molar-refractivity contribution is 5.82. The number of fused-ring (bicyclic) bond motifs is 1. The van der Waals surface area contributed by atoms with Gasteiger partial charge in [-0.15, -0.1) is 0 Å². The van der Waals surface area contributed by atoms with Crippen LogP contribution >= 0.6 is 0 Å². The molecule has 4 heterocycles. The number of anilines is 3. The Morgan fingerprint density at radius 1 is 1.02 bits per heavy atom. The van der Waals surface area contributed by atoms with Crippen LogP contribution in [0.15, 0.2) is 42.5 Å². The van der Waals surface area contributed by atoms with Gasteiger partial charge >= 0.3 is 12.1 Å². The SMILES string of the molecule is Cc1nc(NC[C@H](NC(=O)OCCOCc2ccccc2)C(=O)OC(C)(C)C)c(C)c(N2CCC(c3ccc4c(n3)NCCC4)CC2)n1. The number of benzene rings is 1. The zero-order valence-corrected chi connectivity index (χ0v) is 28.8. The molecular formula is C36H49N7O5. The molecule has 0 unspecified atom stereocenters. The van der Waals surface area contributed by atoms with Gasteiger partial charge in [0, 0.05) is 43.4 Å². The Labute approximate surface area is 283 Å². The van der Waals surface area contributed by atoms with Crippen molar-refractivity contribution in [2.24, 2.45) is 0 Å². The van der Waals surface area contributed by atoms with E-state index in [1.807, 2.05) is 44.2 Å². The number of piperidine rings is 1. The maximum Gasteiger partial charge on any atom is 0.407 e. The highest BCUT2D eigenvalue weighted by Gasteiger charge is 2.29. The van der Waals surface area contributed by atoms with Gasteiger partial charge in [-0.2, -0.15) is 0 Å². The molecule has 1 fully saturated rings. The van der Waals surface area contributed by atoms with Crippen molar-refractivity contribution in [3.63, 3.8) is 0 Å². The van der Waals surface area contributed by atoms with Crippen LogP contribution in [0.3, 0.4) is 0 Å². The summed E-state index contributed by atoms with van der Waals surface area (Å²) in [4.78, 5) is 42.5. The molecule has 2 aromatic heterocycles. The summed E-state index contributed by atoms with van der Waals surface area (Å²) in [5.74, 6) is 2.93. The second-order valence-electron chi connectivity index (χ2n) is 13.4. The van der Waals surface area contributed by atoms with Crippen molar-refractivity contribution in [1.29, 1.82) is 0 Å². The van der Waals surface area contributed by atoms with Gasteiger partial charge in [0.15, 0.2) is 0 Å². The van der Waals surface area contributed by atoms with E-state index in [2.05, 4.69) is 38.0 Å². The van der Waals surface area contributed by atoms with Gasteiger partial charge < -0.3 is 35.1 Å². The number of hydrogen-bond donors (Lipinski definition) is 3. The van der Waals surface area contributed by atoms with E-state index < -0.39 is 23.7 Å². The molecule has 0 saturated carbocycles. The van der Waals surface area contributed by atoms with E-state index in [-0.39, 0.29) is 19.8 Å². The molecule has 0 radical (unpaired) electrons. The summed E-state index contributed by atoms with van der Waals surface area (Å²) in [7, 11) is 0. The van der Waals surface area contributed by atoms with Crippen LogP contribution in [0.5, 0.6) is 0 Å². The third-order valence-electron chi connectivity index (χ3n) is 8.39. The summed E-state index contributed by atoms with van der Waals surface area (Å²) in [6.07, 6.45) is 3.44. The number of hydrogen-bond acceptors (Lipinski definition) is 11. The molecule has 1 amide bonds. The number of carbonyl (C=O) groups excluding carboxylic acids is 2. The molecule has 1 aromatic carbocycles. The van der Waals surface area contributed by atoms with Gasteiger partial charge in [-0.1, -0.05) is 36.4 Å². The predicted octanol–water partition coefficient (Wildman–Crippen LogP) is 5.30. The number of ether oxygens (including phenoxy) is 3. The number of aryl methyl sites for hydroxylation is 2. The highest BCUT2D eigenvalue weighted by Crippen LogP contribution is 2.33. The Bertz CT molecular complexity index is 1540. The number of nitrogens with zero attached hydrogens (tertiary/aromatic N) is 4. The fourth-order valence-corrected chi connectivity index (χ4v) is 5.96. The van der Waals surface area contributed by atoms with Crippen LogP contribution in [0, 0.1) is 13.8 Å². The van der Waals surface area contributed by atoms with Crippen LogP contribution in [0.1, 0.15) is 74.2 Å². The number of esters is 1. The largest absolute Gasteiger partial charge is 0.458 e. The average Bonchev–Trinajstić information content (AvgIpc) is 3.07. The summed E-state index contributed by atoms with van der Waals surface area (Å²) in [6.45, 7) is 12.6. The van der Waals surface area contributed by atoms with Crippen molar-refractivity contribution in [3.05, 3.63) is 70.7 Å². The molecule has 3 aromatic rings. The first-order chi connectivity index (χ1) is 23.1. The van der Waals surface area contributed by atoms with Gasteiger partial charge in [0.05, 0.1) is 13.2 Å². The minimum absolute atomic E-state index is 0.0385. The summed E-state index contributed by atoms with van der Waals surface area (Å²) in [5, 5.41) is 9.38. The number of aromatic nitrogens is 3. The minimum atomic E-state index is -1.02. The average molecular weight is 660 g/mol. The monoisotopic (exact) mass is 659 g/mol. The predicted molar refractivity (Wildman–Crippen MR) is 185 cm³/mol. The second kappa shape index (κ2) is 16.1. The number of rotatable bonds is 12. The molecule has 48 heavy (non-hydrogen) atoms. The Morgan fingerprint density at radius 3 is 2.54 bits per heavy atom. The van der Waals surface area contributed by atoms with Gasteiger partial charge in [-0.25, -0.2) is 24.5 Å². The highest BCUT2D eigenvalue weighted by atomic mass is 16.6. The summed E-state index contributed by atoms with van der Waals surface area (Å²) in [6, 6.07) is 13.1. The Kier molecular flexibility index (Phi) is 11.7. The first-order valence-corrected chi connectivity index (χ1v) is 16.9. The smallest absolute Gasteiger partial charge is 0.407 e. The van der Waals surface area contributed by atoms with Crippen molar-refractivity contribution in [1.82, 2.24) is 20.3 Å². The van der Waals surface area contributed by atoms with E-state index >= 15 is 0 Å². The van der Waals surface area contributed by atoms with Gasteiger partial charge in [0.1, 0.15) is 41.5 Å². The summed E-state index contributed by atoms with van der Waals surface area (Å²) < 4.78 is 16.5. The quantitative estimate of drug-likeness (QED) is 0.173. The number of amides is 1. The van der Waals surface area contributed by atoms with Crippen LogP contribution in [-0.2, 0) is 32.0 Å². The van der Waals surface area contributed by atoms with Crippen molar-refractivity contribution in [2.45, 2.75) is 84.5 Å². The zero-order valence-electron chi connectivity index (χ0n) is 28.8. The van der Waals surface area contributed by atoms with E-state index in [9.17, 15) is 9.59 Å². The fourth-order valence-electron chi connectivity index (χ4n) is 5.96. The fraction of sp³-hybridized carbons (Fsp3) is 0.528. The van der Waals surface area contributed by atoms with Crippen molar-refractivity contribution >= 4 is 29.5 Å². The molecule has 12 heteroatoms. The summed E-state index contributed by atoms with van der Waals surface area (Å²) >= 11 is 0. The van der Waals surface area contributed by atoms with E-state index in [0.717, 1.165) is 73.8 Å². The van der Waals surface area contributed by atoms with Gasteiger partial charge in [0.2, 0.25) is 0 Å². The van der Waals surface area contributed by atoms with Crippen molar-refractivity contribution in [3.8, 4) is 0 Å². The van der Waals surface area contributed by atoms with E-state index in [1.165, 1.54) is 5.56 Å². The van der Waals surface area contributed by atoms with Crippen LogP contribution in [0.25, 0.3) is 0 Å². The zero-order chi connectivity index (χ0) is 34.1. The molecule has 5 rings (SSSR count). The molecule has 1 saturated heterocycles. The Balaban J connectivity index is 1.17. The molecule has 0 bridgehead atoms. The lowest BCUT2D eigenvalue weighted by Gasteiger charge is -2.34. The maximum absolute atomic E-state index is 13.1. The lowest BCUT2D eigenvalue weighted by Crippen LogP contribution is -2.48. The first-order valence-electron chi connectivity index (χ1n) is 16.9. The standard InChI is InChI=1S/C36H49N7O5/c1-24-31(38-22-30(34(44)48-36(3,4)5)42-35(45)47-21-20-46-23-26-10-7-6-8-11-26)39-25(2)40-33(24)43-18-15-27(16-19-43)29-14-13-28-12-9-17-37-32(28)41-29/h6-8,10-11,13-14,27,30H,9,12,15-23H2,1-5H3,(H,37,41)(H,42,45)(H,38,39,40)/t30-/m0/s1. The third kappa shape index (κ3) is 9.79. The van der Waals surface area contributed by atoms with Gasteiger partial charge in [-0.3, -0.25) is 0 Å². The molecule has 3 N–H and O–H groups in total. The van der Waals surface area contributed by atoms with E-state index in [1.54, 1.807) is 20.8 Å². The lowest BCUT2D eigenvalue weighted by molar-refractivity contribution is -0.156. The number of alkyl carbamates (subject to hydrolysis) is 1. The number of pyridine rings is 1. The molecular weight excluding hydrogens is 610 g/mol. The number of carbonyl (C=O) groups is 2. The molecule has 12 nitrogen and oxygen atoms in total. The summed E-state index contributed by atoms with van der Waals surface area (Å²) in [5.41, 5.74) is 3.62. The van der Waals surface area contributed by atoms with Crippen LogP contribution < -0.4 is 20.9 Å². The van der Waals surface area contributed by atoms with Crippen molar-refractivity contribution < 1.29 is 23.8 Å². The Hall–Kier alpha value is -4.45. The van der Waals surface area contributed by atoms with Gasteiger partial charge in [-0.05, 0) is 77.5 Å². The first kappa shape index (κ1) is 34.9. The second-order valence-corrected chi connectivity index (χ2v) is 13.4. The normalized spacial score (nSPS) is 15.6. The van der Waals surface area contributed by atoms with E-state index in [4.69, 9.17) is 24.2 Å². The molecule has 0 spiro atoms. The van der Waals surface area contributed by atoms with Crippen LogP contribution in [0.2, 0.25) is 0 Å². The molecule has 2 aliphatic heterocycles. The molecule has 1 atom stereocenters. The topological polar surface area (TPSA) is 140 Å². The van der Waals surface area contributed by atoms with Gasteiger partial charge in [0.25, 0.3) is 0 Å². The maximum atomic E-state index is 13.1. The van der Waals surface area contributed by atoms with Crippen LogP contribution in [0.4, 0.5) is 22.2 Å². The molecule has 0 aliphatic carbocycles. The van der Waals surface area contributed by atoms with Crippen molar-refractivity contribution in [2.75, 3.05) is 54.9 Å². The van der Waals surface area contributed by atoms with Crippen LogP contribution in [-0.4, -0.2) is 78.1 Å². The minimum Gasteiger partial charge on any atom is -0.458 e. The number of nitrogens with one attached hydrogen (secondary N) is 3. The Morgan fingerprint density at radius 2 is 1.79 bits per heavy atom. The van der Waals surface area contributed by atoms with E-state index in [0.29, 0.717) is 24.2 Å². The third-order valence-corrected chi connectivity index (χ3v) is 8.39. The molecule has 258 valence electrons.